The second kappa shape index (κ2) is 11.5. The molecule has 2 aliphatic heterocycles. The van der Waals surface area contributed by atoms with Crippen molar-refractivity contribution in [2.45, 2.75) is 57.6 Å². The van der Waals surface area contributed by atoms with Crippen LogP contribution in [-0.2, 0) is 14.3 Å². The zero-order chi connectivity index (χ0) is 28.6. The largest absolute Gasteiger partial charge is 0.457 e. The summed E-state index contributed by atoms with van der Waals surface area (Å²) in [6.45, 7) is 8.18. The van der Waals surface area contributed by atoms with Crippen molar-refractivity contribution >= 4 is 28.8 Å². The van der Waals surface area contributed by atoms with Gasteiger partial charge in [0.05, 0.1) is 30.8 Å². The van der Waals surface area contributed by atoms with E-state index in [0.717, 1.165) is 32.2 Å². The molecular weight excluding hydrogens is 532 g/mol. The zero-order valence-corrected chi connectivity index (χ0v) is 23.6. The van der Waals surface area contributed by atoms with Crippen molar-refractivity contribution in [1.29, 1.82) is 0 Å². The molecule has 0 atom stereocenters. The summed E-state index contributed by atoms with van der Waals surface area (Å²) in [5.74, 6) is 1.36. The number of para-hydroxylation sites is 2. The van der Waals surface area contributed by atoms with Crippen molar-refractivity contribution in [3.8, 4) is 5.82 Å². The van der Waals surface area contributed by atoms with Crippen LogP contribution in [-0.4, -0.2) is 88.0 Å². The van der Waals surface area contributed by atoms with E-state index in [1.807, 2.05) is 19.9 Å². The highest BCUT2D eigenvalue weighted by Crippen LogP contribution is 2.32. The van der Waals surface area contributed by atoms with Gasteiger partial charge in [0.1, 0.15) is 17.2 Å². The number of rotatable bonds is 7. The zero-order valence-electron chi connectivity index (χ0n) is 23.6. The van der Waals surface area contributed by atoms with Crippen LogP contribution in [0.1, 0.15) is 51.8 Å². The molecule has 3 aromatic rings. The molecule has 0 radical (unpaired) electrons. The van der Waals surface area contributed by atoms with Gasteiger partial charge in [-0.05, 0) is 57.6 Å². The van der Waals surface area contributed by atoms with Crippen molar-refractivity contribution in [1.82, 2.24) is 24.4 Å². The van der Waals surface area contributed by atoms with Gasteiger partial charge >= 0.3 is 5.97 Å². The molecule has 0 bridgehead atoms. The van der Waals surface area contributed by atoms with Gasteiger partial charge in [0.2, 0.25) is 5.95 Å². The number of morpholine rings is 2. The van der Waals surface area contributed by atoms with Crippen LogP contribution in [0.2, 0.25) is 0 Å². The molecule has 4 heterocycles. The molecule has 41 heavy (non-hydrogen) atoms. The third-order valence-corrected chi connectivity index (χ3v) is 8.23. The van der Waals surface area contributed by atoms with Crippen LogP contribution in [0.4, 0.5) is 20.5 Å². The van der Waals surface area contributed by atoms with Crippen molar-refractivity contribution in [2.75, 3.05) is 56.2 Å². The summed E-state index contributed by atoms with van der Waals surface area (Å²) in [6.07, 6.45) is 1.29. The molecule has 1 N–H and O–H groups in total. The van der Waals surface area contributed by atoms with Crippen LogP contribution in [0.15, 0.2) is 30.3 Å². The standard InChI is InChI=1S/C29H37F2N7O3/c1-29(2)18-37(17-25(39)41-29)20-9-7-19(8-10-20)16-32-28-34-23(36-11-13-40-14-12-36)15-24(35-28)38-22-6-4-3-5-21(22)33-27(38)26(30)31/h3-6,15,19-20,26H,7-14,16-18H2,1-2H3,(H,32,34,35). The minimum atomic E-state index is -2.76. The van der Waals surface area contributed by atoms with E-state index in [0.29, 0.717) is 80.0 Å². The number of aromatic nitrogens is 4. The van der Waals surface area contributed by atoms with E-state index in [1.165, 1.54) is 4.57 Å². The van der Waals surface area contributed by atoms with Crippen LogP contribution in [0, 0.1) is 5.92 Å². The number of ether oxygens (including phenoxy) is 2. The molecule has 12 heteroatoms. The van der Waals surface area contributed by atoms with Crippen LogP contribution in [0.3, 0.4) is 0 Å². The number of halogens is 2. The lowest BCUT2D eigenvalue weighted by molar-refractivity contribution is -0.172. The Balaban J connectivity index is 1.20. The number of hydrogen-bond donors (Lipinski definition) is 1. The Morgan fingerprint density at radius 2 is 1.78 bits per heavy atom. The first-order valence-electron chi connectivity index (χ1n) is 14.4. The number of imidazole rings is 1. The second-order valence-corrected chi connectivity index (χ2v) is 11.8. The topological polar surface area (TPSA) is 97.6 Å². The van der Waals surface area contributed by atoms with E-state index in [9.17, 15) is 13.6 Å². The molecule has 10 nitrogen and oxygen atoms in total. The van der Waals surface area contributed by atoms with Gasteiger partial charge in [-0.3, -0.25) is 14.3 Å². The smallest absolute Gasteiger partial charge is 0.320 e. The number of esters is 1. The van der Waals surface area contributed by atoms with Crippen LogP contribution >= 0.6 is 0 Å². The van der Waals surface area contributed by atoms with Crippen molar-refractivity contribution < 1.29 is 23.0 Å². The van der Waals surface area contributed by atoms with Gasteiger partial charge in [-0.2, -0.15) is 9.97 Å². The average Bonchev–Trinajstić information content (AvgIpc) is 3.36. The fraction of sp³-hybridized carbons (Fsp3) is 0.586. The summed E-state index contributed by atoms with van der Waals surface area (Å²) < 4.78 is 40.7. The Labute approximate surface area is 238 Å². The van der Waals surface area contributed by atoms with E-state index < -0.39 is 12.0 Å². The van der Waals surface area contributed by atoms with E-state index in [-0.39, 0.29) is 11.8 Å². The molecule has 0 unspecified atom stereocenters. The molecule has 2 saturated heterocycles. The van der Waals surface area contributed by atoms with Gasteiger partial charge in [0.25, 0.3) is 6.43 Å². The van der Waals surface area contributed by atoms with E-state index in [1.54, 1.807) is 24.3 Å². The number of nitrogens with one attached hydrogen (secondary N) is 1. The highest BCUT2D eigenvalue weighted by molar-refractivity contribution is 5.78. The molecule has 2 aromatic heterocycles. The number of benzene rings is 1. The minimum Gasteiger partial charge on any atom is -0.457 e. The molecule has 1 aliphatic carbocycles. The molecule has 1 saturated carbocycles. The highest BCUT2D eigenvalue weighted by Gasteiger charge is 2.37. The lowest BCUT2D eigenvalue weighted by Crippen LogP contribution is -2.55. The number of hydrogen-bond acceptors (Lipinski definition) is 9. The summed E-state index contributed by atoms with van der Waals surface area (Å²) in [7, 11) is 0. The third kappa shape index (κ3) is 6.13. The van der Waals surface area contributed by atoms with Gasteiger partial charge in [-0.15, -0.1) is 0 Å². The van der Waals surface area contributed by atoms with E-state index >= 15 is 0 Å². The monoisotopic (exact) mass is 569 g/mol. The number of fused-ring (bicyclic) bond motifs is 1. The number of cyclic esters (lactones) is 1. The van der Waals surface area contributed by atoms with Gasteiger partial charge < -0.3 is 19.7 Å². The Hall–Kier alpha value is -3.38. The molecular formula is C29H37F2N7O3. The predicted molar refractivity (Wildman–Crippen MR) is 151 cm³/mol. The summed E-state index contributed by atoms with van der Waals surface area (Å²) in [4.78, 5) is 30.2. The fourth-order valence-corrected chi connectivity index (χ4v) is 6.29. The third-order valence-electron chi connectivity index (χ3n) is 8.23. The van der Waals surface area contributed by atoms with Gasteiger partial charge in [-0.25, -0.2) is 13.8 Å². The Kier molecular flexibility index (Phi) is 7.78. The van der Waals surface area contributed by atoms with Crippen molar-refractivity contribution in [2.24, 2.45) is 5.92 Å². The molecule has 0 spiro atoms. The molecule has 1 aromatic carbocycles. The molecule has 6 rings (SSSR count). The second-order valence-electron chi connectivity index (χ2n) is 11.8. The summed E-state index contributed by atoms with van der Waals surface area (Å²) >= 11 is 0. The van der Waals surface area contributed by atoms with Crippen LogP contribution in [0.25, 0.3) is 16.9 Å². The maximum Gasteiger partial charge on any atom is 0.320 e. The lowest BCUT2D eigenvalue weighted by atomic mass is 9.84. The molecule has 3 fully saturated rings. The lowest BCUT2D eigenvalue weighted by Gasteiger charge is -2.43. The van der Waals surface area contributed by atoms with Crippen molar-refractivity contribution in [3.63, 3.8) is 0 Å². The van der Waals surface area contributed by atoms with E-state index in [4.69, 9.17) is 19.4 Å². The first-order chi connectivity index (χ1) is 19.8. The quantitative estimate of drug-likeness (QED) is 0.420. The van der Waals surface area contributed by atoms with Crippen LogP contribution in [0.5, 0.6) is 0 Å². The number of anilines is 2. The number of carbonyl (C=O) groups excluding carboxylic acids is 1. The molecule has 220 valence electrons. The van der Waals surface area contributed by atoms with Crippen LogP contribution < -0.4 is 10.2 Å². The Morgan fingerprint density at radius 1 is 1.05 bits per heavy atom. The first kappa shape index (κ1) is 27.8. The highest BCUT2D eigenvalue weighted by atomic mass is 19.3. The fourth-order valence-electron chi connectivity index (χ4n) is 6.29. The van der Waals surface area contributed by atoms with Gasteiger partial charge in [0.15, 0.2) is 5.82 Å². The van der Waals surface area contributed by atoms with Gasteiger partial charge in [-0.1, -0.05) is 12.1 Å². The summed E-state index contributed by atoms with van der Waals surface area (Å²) in [5, 5.41) is 3.42. The summed E-state index contributed by atoms with van der Waals surface area (Å²) in [5.41, 5.74) is 0.605. The number of nitrogens with zero attached hydrogens (tertiary/aromatic N) is 6. The maximum absolute atomic E-state index is 14.1. The normalized spacial score (nSPS) is 23.6. The average molecular weight is 570 g/mol. The SMILES string of the molecule is CC1(C)CN(C2CCC(CNc3nc(N4CCOCC4)cc(-n4c(C(F)F)nc5ccccc54)n3)CC2)CC(=O)O1. The van der Waals surface area contributed by atoms with Gasteiger partial charge in [0, 0.05) is 38.3 Å². The maximum atomic E-state index is 14.1. The Morgan fingerprint density at radius 3 is 2.51 bits per heavy atom. The molecule has 3 aliphatic rings. The van der Waals surface area contributed by atoms with Crippen molar-refractivity contribution in [3.05, 3.63) is 36.2 Å². The Bertz CT molecular complexity index is 1380. The minimum absolute atomic E-state index is 0.154. The number of alkyl halides is 2. The summed E-state index contributed by atoms with van der Waals surface area (Å²) in [6, 6.07) is 9.22. The number of carbonyl (C=O) groups is 1. The predicted octanol–water partition coefficient (Wildman–Crippen LogP) is 4.20. The van der Waals surface area contributed by atoms with E-state index in [2.05, 4.69) is 20.1 Å². The molecule has 0 amide bonds. The first-order valence-corrected chi connectivity index (χ1v) is 14.4.